The Labute approximate surface area is 128 Å². The zero-order chi connectivity index (χ0) is 14.3. The fourth-order valence-corrected chi connectivity index (χ4v) is 3.62. The second-order valence-electron chi connectivity index (χ2n) is 6.36. The predicted molar refractivity (Wildman–Crippen MR) is 88.3 cm³/mol. The summed E-state index contributed by atoms with van der Waals surface area (Å²) < 4.78 is 0. The van der Waals surface area contributed by atoms with Crippen molar-refractivity contribution in [3.8, 4) is 0 Å². The van der Waals surface area contributed by atoms with Crippen molar-refractivity contribution in [1.82, 2.24) is 4.98 Å². The summed E-state index contributed by atoms with van der Waals surface area (Å²) in [6.07, 6.45) is 11.4. The van der Waals surface area contributed by atoms with Crippen LogP contribution in [0.15, 0.2) is 54.7 Å². The van der Waals surface area contributed by atoms with E-state index in [0.29, 0.717) is 5.92 Å². The standard InChI is InChI=1S/C20H25N/c1-2-10-18(11-3-1)19(14-13-17-8-4-5-9-17)16-20-12-6-7-15-21-20/h1-3,6-7,10-12,15,17,19H,4-5,8-9,13-14,16H2. The molecule has 110 valence electrons. The summed E-state index contributed by atoms with van der Waals surface area (Å²) in [5, 5.41) is 0. The van der Waals surface area contributed by atoms with Gasteiger partial charge in [0.05, 0.1) is 0 Å². The minimum Gasteiger partial charge on any atom is -0.261 e. The van der Waals surface area contributed by atoms with Crippen molar-refractivity contribution >= 4 is 0 Å². The molecule has 0 spiro atoms. The third kappa shape index (κ3) is 4.17. The molecule has 0 saturated heterocycles. The van der Waals surface area contributed by atoms with Crippen LogP contribution in [0.5, 0.6) is 0 Å². The van der Waals surface area contributed by atoms with Crippen molar-refractivity contribution in [2.45, 2.75) is 50.9 Å². The normalized spacial score (nSPS) is 17.0. The molecule has 1 heteroatoms. The molecule has 0 bridgehead atoms. The number of rotatable bonds is 6. The van der Waals surface area contributed by atoms with Crippen LogP contribution in [0.1, 0.15) is 55.7 Å². The van der Waals surface area contributed by atoms with Crippen LogP contribution in [-0.4, -0.2) is 4.98 Å². The van der Waals surface area contributed by atoms with Crippen LogP contribution in [0.2, 0.25) is 0 Å². The molecule has 1 nitrogen and oxygen atoms in total. The molecule has 1 aromatic heterocycles. The number of aromatic nitrogens is 1. The molecule has 2 aromatic rings. The van der Waals surface area contributed by atoms with Gasteiger partial charge >= 0.3 is 0 Å². The number of benzene rings is 1. The highest BCUT2D eigenvalue weighted by atomic mass is 14.7. The summed E-state index contributed by atoms with van der Waals surface area (Å²) in [6, 6.07) is 17.3. The zero-order valence-electron chi connectivity index (χ0n) is 12.7. The summed E-state index contributed by atoms with van der Waals surface area (Å²) in [6.45, 7) is 0. The summed E-state index contributed by atoms with van der Waals surface area (Å²) in [5.41, 5.74) is 2.69. The highest BCUT2D eigenvalue weighted by Crippen LogP contribution is 2.33. The van der Waals surface area contributed by atoms with Crippen LogP contribution in [-0.2, 0) is 6.42 Å². The Morgan fingerprint density at radius 2 is 1.71 bits per heavy atom. The van der Waals surface area contributed by atoms with Gasteiger partial charge in [0.15, 0.2) is 0 Å². The molecule has 1 heterocycles. The molecule has 0 amide bonds. The lowest BCUT2D eigenvalue weighted by atomic mass is 9.86. The van der Waals surface area contributed by atoms with E-state index in [0.717, 1.165) is 12.3 Å². The van der Waals surface area contributed by atoms with E-state index in [1.54, 1.807) is 0 Å². The molecular formula is C20H25N. The van der Waals surface area contributed by atoms with Crippen molar-refractivity contribution in [2.75, 3.05) is 0 Å². The van der Waals surface area contributed by atoms with Gasteiger partial charge in [-0.15, -0.1) is 0 Å². The molecule has 0 N–H and O–H groups in total. The van der Waals surface area contributed by atoms with Gasteiger partial charge in [0, 0.05) is 11.9 Å². The van der Waals surface area contributed by atoms with Crippen LogP contribution < -0.4 is 0 Å². The molecule has 21 heavy (non-hydrogen) atoms. The van der Waals surface area contributed by atoms with Gasteiger partial charge < -0.3 is 0 Å². The lowest BCUT2D eigenvalue weighted by molar-refractivity contribution is 0.447. The Morgan fingerprint density at radius 1 is 0.952 bits per heavy atom. The van der Waals surface area contributed by atoms with Crippen LogP contribution >= 0.6 is 0 Å². The van der Waals surface area contributed by atoms with E-state index in [9.17, 15) is 0 Å². The molecular weight excluding hydrogens is 254 g/mol. The van der Waals surface area contributed by atoms with Crippen molar-refractivity contribution in [3.05, 3.63) is 66.0 Å². The Kier molecular flexibility index (Phi) is 5.04. The fraction of sp³-hybridized carbons (Fsp3) is 0.450. The SMILES string of the molecule is c1ccc(C(CCC2CCCC2)Cc2ccccn2)cc1. The molecule has 1 unspecified atom stereocenters. The Balaban J connectivity index is 1.68. The van der Waals surface area contributed by atoms with Gasteiger partial charge in [-0.1, -0.05) is 62.1 Å². The van der Waals surface area contributed by atoms with Gasteiger partial charge in [-0.3, -0.25) is 4.98 Å². The van der Waals surface area contributed by atoms with Crippen molar-refractivity contribution in [1.29, 1.82) is 0 Å². The summed E-state index contributed by atoms with van der Waals surface area (Å²) in [5.74, 6) is 1.58. The Hall–Kier alpha value is -1.63. The van der Waals surface area contributed by atoms with Crippen molar-refractivity contribution in [2.24, 2.45) is 5.92 Å². The number of nitrogens with zero attached hydrogens (tertiary/aromatic N) is 1. The van der Waals surface area contributed by atoms with Crippen LogP contribution in [0.4, 0.5) is 0 Å². The van der Waals surface area contributed by atoms with E-state index < -0.39 is 0 Å². The topological polar surface area (TPSA) is 12.9 Å². The molecule has 1 atom stereocenters. The van der Waals surface area contributed by atoms with E-state index in [-0.39, 0.29) is 0 Å². The summed E-state index contributed by atoms with van der Waals surface area (Å²) in [7, 11) is 0. The molecule has 3 rings (SSSR count). The van der Waals surface area contributed by atoms with Crippen LogP contribution in [0.3, 0.4) is 0 Å². The first-order chi connectivity index (χ1) is 10.4. The third-order valence-corrected chi connectivity index (χ3v) is 4.85. The lowest BCUT2D eigenvalue weighted by Crippen LogP contribution is -2.07. The van der Waals surface area contributed by atoms with Crippen LogP contribution in [0, 0.1) is 5.92 Å². The van der Waals surface area contributed by atoms with Gasteiger partial charge in [-0.05, 0) is 48.8 Å². The molecule has 0 aliphatic heterocycles. The first kappa shape index (κ1) is 14.3. The van der Waals surface area contributed by atoms with Gasteiger partial charge in [-0.25, -0.2) is 0 Å². The summed E-state index contributed by atoms with van der Waals surface area (Å²) >= 11 is 0. The van der Waals surface area contributed by atoms with E-state index in [2.05, 4.69) is 47.4 Å². The average Bonchev–Trinajstić information content (AvgIpc) is 3.07. The van der Waals surface area contributed by atoms with Gasteiger partial charge in [0.2, 0.25) is 0 Å². The minimum absolute atomic E-state index is 0.613. The number of pyridine rings is 1. The van der Waals surface area contributed by atoms with E-state index >= 15 is 0 Å². The number of hydrogen-bond acceptors (Lipinski definition) is 1. The molecule has 0 radical (unpaired) electrons. The second-order valence-corrected chi connectivity index (χ2v) is 6.36. The Morgan fingerprint density at radius 3 is 2.43 bits per heavy atom. The smallest absolute Gasteiger partial charge is 0.0409 e. The van der Waals surface area contributed by atoms with Gasteiger partial charge in [-0.2, -0.15) is 0 Å². The molecule has 1 saturated carbocycles. The largest absolute Gasteiger partial charge is 0.261 e. The van der Waals surface area contributed by atoms with Crippen molar-refractivity contribution < 1.29 is 0 Å². The quantitative estimate of drug-likeness (QED) is 0.692. The molecule has 1 aromatic carbocycles. The highest BCUT2D eigenvalue weighted by molar-refractivity contribution is 5.21. The fourth-order valence-electron chi connectivity index (χ4n) is 3.62. The van der Waals surface area contributed by atoms with Crippen molar-refractivity contribution in [3.63, 3.8) is 0 Å². The first-order valence-electron chi connectivity index (χ1n) is 8.36. The van der Waals surface area contributed by atoms with Crippen LogP contribution in [0.25, 0.3) is 0 Å². The van der Waals surface area contributed by atoms with E-state index in [4.69, 9.17) is 0 Å². The van der Waals surface area contributed by atoms with E-state index in [1.165, 1.54) is 49.8 Å². The maximum Gasteiger partial charge on any atom is 0.0409 e. The Bertz CT molecular complexity index is 514. The van der Waals surface area contributed by atoms with Gasteiger partial charge in [0.25, 0.3) is 0 Å². The predicted octanol–water partition coefficient (Wildman–Crippen LogP) is 5.38. The maximum absolute atomic E-state index is 4.52. The van der Waals surface area contributed by atoms with E-state index in [1.807, 2.05) is 12.3 Å². The zero-order valence-corrected chi connectivity index (χ0v) is 12.7. The maximum atomic E-state index is 4.52. The first-order valence-corrected chi connectivity index (χ1v) is 8.36. The monoisotopic (exact) mass is 279 g/mol. The highest BCUT2D eigenvalue weighted by Gasteiger charge is 2.19. The molecule has 1 aliphatic rings. The molecule has 1 aliphatic carbocycles. The summed E-state index contributed by atoms with van der Waals surface area (Å²) in [4.78, 5) is 4.52. The molecule has 1 fully saturated rings. The lowest BCUT2D eigenvalue weighted by Gasteiger charge is -2.19. The van der Waals surface area contributed by atoms with Gasteiger partial charge in [0.1, 0.15) is 0 Å². The second kappa shape index (κ2) is 7.40. The minimum atomic E-state index is 0.613. The third-order valence-electron chi connectivity index (χ3n) is 4.85. The number of hydrogen-bond donors (Lipinski definition) is 0. The average molecular weight is 279 g/mol.